The van der Waals surface area contributed by atoms with Crippen LogP contribution in [0.4, 0.5) is 27.5 Å². The number of carbonyl (C=O) groups excluding carboxylic acids is 2. The lowest BCUT2D eigenvalue weighted by Crippen LogP contribution is -2.47. The van der Waals surface area contributed by atoms with Crippen LogP contribution in [-0.4, -0.2) is 64.5 Å². The number of amides is 3. The van der Waals surface area contributed by atoms with E-state index in [9.17, 15) is 9.59 Å². The van der Waals surface area contributed by atoms with Gasteiger partial charge in [0.15, 0.2) is 0 Å². The molecule has 9 nitrogen and oxygen atoms in total. The van der Waals surface area contributed by atoms with Crippen LogP contribution in [0, 0.1) is 0 Å². The van der Waals surface area contributed by atoms with Crippen molar-refractivity contribution in [1.82, 2.24) is 5.32 Å². The minimum atomic E-state index is -0.425. The zero-order chi connectivity index (χ0) is 27.9. The van der Waals surface area contributed by atoms with Crippen molar-refractivity contribution in [1.29, 1.82) is 0 Å². The van der Waals surface area contributed by atoms with Gasteiger partial charge in [0, 0.05) is 61.4 Å². The third-order valence-corrected chi connectivity index (χ3v) is 7.38. The molecule has 3 amide bonds. The number of nitrogens with one attached hydrogen (secondary N) is 3. The van der Waals surface area contributed by atoms with E-state index in [1.54, 1.807) is 37.4 Å². The summed E-state index contributed by atoms with van der Waals surface area (Å²) in [5.41, 5.74) is 3.47. The highest BCUT2D eigenvalue weighted by atomic mass is 35.5. The van der Waals surface area contributed by atoms with Crippen molar-refractivity contribution in [2.75, 3.05) is 66.9 Å². The van der Waals surface area contributed by atoms with Gasteiger partial charge in [-0.3, -0.25) is 4.79 Å². The molecule has 0 unspecified atom stereocenters. The lowest BCUT2D eigenvalue weighted by atomic mass is 10.1. The van der Waals surface area contributed by atoms with Gasteiger partial charge in [-0.25, -0.2) is 4.79 Å². The van der Waals surface area contributed by atoms with Crippen molar-refractivity contribution < 1.29 is 19.1 Å². The lowest BCUT2D eigenvalue weighted by Gasteiger charge is -2.38. The van der Waals surface area contributed by atoms with E-state index in [1.165, 1.54) is 0 Å². The molecule has 2 saturated heterocycles. The van der Waals surface area contributed by atoms with Gasteiger partial charge in [-0.05, 0) is 61.4 Å². The second kappa shape index (κ2) is 12.9. The predicted octanol–water partition coefficient (Wildman–Crippen LogP) is 5.23. The first-order chi connectivity index (χ1) is 19.5. The Balaban J connectivity index is 1.31. The number of para-hydroxylation sites is 2. The topological polar surface area (TPSA) is 95.2 Å². The molecular formula is C30H34ClN5O4. The Morgan fingerprint density at radius 2 is 1.65 bits per heavy atom. The van der Waals surface area contributed by atoms with E-state index in [0.717, 1.165) is 62.8 Å². The van der Waals surface area contributed by atoms with Crippen LogP contribution in [0.2, 0.25) is 5.02 Å². The summed E-state index contributed by atoms with van der Waals surface area (Å²) in [4.78, 5) is 30.6. The summed E-state index contributed by atoms with van der Waals surface area (Å²) < 4.78 is 11.2. The van der Waals surface area contributed by atoms with Crippen LogP contribution in [0.1, 0.15) is 23.2 Å². The van der Waals surface area contributed by atoms with Gasteiger partial charge >= 0.3 is 6.03 Å². The quantitative estimate of drug-likeness (QED) is 0.347. The molecule has 2 heterocycles. The van der Waals surface area contributed by atoms with Crippen molar-refractivity contribution in [2.24, 2.45) is 0 Å². The zero-order valence-corrected chi connectivity index (χ0v) is 23.2. The molecule has 3 N–H and O–H groups in total. The molecule has 0 saturated carbocycles. The second-order valence-electron chi connectivity index (χ2n) is 9.81. The Kier molecular flexibility index (Phi) is 8.93. The van der Waals surface area contributed by atoms with Crippen molar-refractivity contribution in [2.45, 2.75) is 18.9 Å². The number of hydrogen-bond acceptors (Lipinski definition) is 6. The van der Waals surface area contributed by atoms with Gasteiger partial charge in [0.25, 0.3) is 5.91 Å². The van der Waals surface area contributed by atoms with Crippen molar-refractivity contribution >= 4 is 46.3 Å². The number of carbonyl (C=O) groups is 2. The van der Waals surface area contributed by atoms with E-state index in [4.69, 9.17) is 21.1 Å². The largest absolute Gasteiger partial charge is 0.495 e. The summed E-state index contributed by atoms with van der Waals surface area (Å²) in [7, 11) is 1.68. The standard InChI is InChI=1S/C30H34ClN5O4/c1-39-28-10-3-2-9-27(28)36-15-13-35(14-16-36)26-12-11-23(34-30(38)33-22-7-4-6-21(31)18-22)19-25(26)29(37)32-20-24-8-5-17-40-24/h2-4,6-7,9-12,18-19,24H,5,8,13-17,20H2,1H3,(H,32,37)(H2,33,34,38)/t24-/m1/s1. The molecule has 2 aliphatic heterocycles. The number of nitrogens with zero attached hydrogens (tertiary/aromatic N) is 2. The highest BCUT2D eigenvalue weighted by molar-refractivity contribution is 6.30. The third kappa shape index (κ3) is 6.78. The number of halogens is 1. The molecule has 0 aliphatic carbocycles. The van der Waals surface area contributed by atoms with Gasteiger partial charge in [0.1, 0.15) is 5.75 Å². The average Bonchev–Trinajstić information content (AvgIpc) is 3.50. The minimum absolute atomic E-state index is 0.0292. The van der Waals surface area contributed by atoms with Gasteiger partial charge in [0.05, 0.1) is 24.5 Å². The monoisotopic (exact) mass is 563 g/mol. The van der Waals surface area contributed by atoms with Crippen LogP contribution in [-0.2, 0) is 4.74 Å². The normalized spacial score (nSPS) is 16.9. The molecule has 5 rings (SSSR count). The number of urea groups is 1. The van der Waals surface area contributed by atoms with Crippen molar-refractivity contribution in [3.63, 3.8) is 0 Å². The number of ether oxygens (including phenoxy) is 2. The summed E-state index contributed by atoms with van der Waals surface area (Å²) in [6, 6.07) is 19.9. The Hall–Kier alpha value is -3.95. The van der Waals surface area contributed by atoms with Gasteiger partial charge in [0.2, 0.25) is 0 Å². The molecule has 3 aromatic carbocycles. The van der Waals surface area contributed by atoms with E-state index in [-0.39, 0.29) is 12.0 Å². The van der Waals surface area contributed by atoms with Crippen molar-refractivity contribution in [3.05, 3.63) is 77.3 Å². The SMILES string of the molecule is COc1ccccc1N1CCN(c2ccc(NC(=O)Nc3cccc(Cl)c3)cc2C(=O)NC[C@H]2CCCO2)CC1. The first-order valence-electron chi connectivity index (χ1n) is 13.5. The van der Waals surface area contributed by atoms with Crippen LogP contribution in [0.5, 0.6) is 5.75 Å². The molecule has 1 atom stereocenters. The zero-order valence-electron chi connectivity index (χ0n) is 22.5. The van der Waals surface area contributed by atoms with Gasteiger partial charge in [-0.2, -0.15) is 0 Å². The molecule has 0 spiro atoms. The summed E-state index contributed by atoms with van der Waals surface area (Å²) in [5, 5.41) is 9.17. The Morgan fingerprint density at radius 1 is 0.925 bits per heavy atom. The van der Waals surface area contributed by atoms with Crippen LogP contribution in [0.3, 0.4) is 0 Å². The molecular weight excluding hydrogens is 530 g/mol. The molecule has 0 aromatic heterocycles. The lowest BCUT2D eigenvalue weighted by molar-refractivity contribution is 0.0858. The fraction of sp³-hybridized carbons (Fsp3) is 0.333. The van der Waals surface area contributed by atoms with E-state index >= 15 is 0 Å². The molecule has 40 heavy (non-hydrogen) atoms. The van der Waals surface area contributed by atoms with Gasteiger partial charge in [-0.1, -0.05) is 29.8 Å². The number of benzene rings is 3. The molecule has 10 heteroatoms. The molecule has 3 aromatic rings. The van der Waals surface area contributed by atoms with E-state index in [2.05, 4.69) is 31.8 Å². The number of methoxy groups -OCH3 is 1. The highest BCUT2D eigenvalue weighted by Crippen LogP contribution is 2.31. The number of rotatable bonds is 8. The molecule has 2 fully saturated rings. The summed E-state index contributed by atoms with van der Waals surface area (Å²) in [6.07, 6.45) is 1.97. The first-order valence-corrected chi connectivity index (χ1v) is 13.9. The maximum Gasteiger partial charge on any atom is 0.323 e. The summed E-state index contributed by atoms with van der Waals surface area (Å²) in [5.74, 6) is 0.646. The fourth-order valence-electron chi connectivity index (χ4n) is 5.12. The Labute approximate surface area is 239 Å². The minimum Gasteiger partial charge on any atom is -0.495 e. The van der Waals surface area contributed by atoms with E-state index < -0.39 is 6.03 Å². The van der Waals surface area contributed by atoms with Crippen LogP contribution in [0.25, 0.3) is 0 Å². The molecule has 0 radical (unpaired) electrons. The van der Waals surface area contributed by atoms with E-state index in [0.29, 0.717) is 28.5 Å². The summed E-state index contributed by atoms with van der Waals surface area (Å²) >= 11 is 6.03. The second-order valence-corrected chi connectivity index (χ2v) is 10.2. The molecule has 0 bridgehead atoms. The van der Waals surface area contributed by atoms with Gasteiger partial charge in [-0.15, -0.1) is 0 Å². The van der Waals surface area contributed by atoms with E-state index in [1.807, 2.05) is 30.3 Å². The van der Waals surface area contributed by atoms with Crippen molar-refractivity contribution in [3.8, 4) is 5.75 Å². The Morgan fingerprint density at radius 3 is 2.35 bits per heavy atom. The number of hydrogen-bond donors (Lipinski definition) is 3. The first kappa shape index (κ1) is 27.6. The average molecular weight is 564 g/mol. The summed E-state index contributed by atoms with van der Waals surface area (Å²) in [6.45, 7) is 4.19. The Bertz CT molecular complexity index is 1340. The molecule has 210 valence electrons. The maximum atomic E-state index is 13.4. The predicted molar refractivity (Wildman–Crippen MR) is 159 cm³/mol. The maximum absolute atomic E-state index is 13.4. The highest BCUT2D eigenvalue weighted by Gasteiger charge is 2.25. The smallest absolute Gasteiger partial charge is 0.323 e. The van der Waals surface area contributed by atoms with Crippen LogP contribution >= 0.6 is 11.6 Å². The van der Waals surface area contributed by atoms with Crippen LogP contribution in [0.15, 0.2) is 66.7 Å². The van der Waals surface area contributed by atoms with Gasteiger partial charge < -0.3 is 35.2 Å². The fourth-order valence-corrected chi connectivity index (χ4v) is 5.31. The van der Waals surface area contributed by atoms with Crippen LogP contribution < -0.4 is 30.5 Å². The number of piperazine rings is 1. The molecule has 2 aliphatic rings. The number of anilines is 4. The third-order valence-electron chi connectivity index (χ3n) is 7.14.